The molecule has 0 bridgehead atoms. The minimum atomic E-state index is -3.69. The molecule has 1 amide bonds. The average molecular weight is 459 g/mol. The van der Waals surface area contributed by atoms with Crippen LogP contribution in [0.1, 0.15) is 47.7 Å². The molecule has 1 atom stereocenters. The molecule has 2 heterocycles. The van der Waals surface area contributed by atoms with Gasteiger partial charge in [0, 0.05) is 23.4 Å². The summed E-state index contributed by atoms with van der Waals surface area (Å²) >= 11 is 1.31. The number of nitrogens with zero attached hydrogens (tertiary/aromatic N) is 1. The maximum Gasteiger partial charge on any atom is 0.259 e. The van der Waals surface area contributed by atoms with Crippen LogP contribution in [-0.4, -0.2) is 38.3 Å². The summed E-state index contributed by atoms with van der Waals surface area (Å²) in [5.41, 5.74) is 7.32. The van der Waals surface area contributed by atoms with Gasteiger partial charge >= 0.3 is 0 Å². The van der Waals surface area contributed by atoms with Gasteiger partial charge in [-0.15, -0.1) is 11.3 Å². The molecule has 1 saturated heterocycles. The van der Waals surface area contributed by atoms with Crippen molar-refractivity contribution in [3.05, 3.63) is 64.5 Å². The number of fused-ring (bicyclic) bond motifs is 1. The first-order valence-electron chi connectivity index (χ1n) is 10.1. The highest BCUT2D eigenvalue weighted by molar-refractivity contribution is 7.89. The molecule has 1 fully saturated rings. The number of ether oxygens (including phenoxy) is 1. The number of primary amides is 1. The van der Waals surface area contributed by atoms with Gasteiger partial charge in [-0.1, -0.05) is 51.1 Å². The van der Waals surface area contributed by atoms with Gasteiger partial charge in [0.2, 0.25) is 10.0 Å². The summed E-state index contributed by atoms with van der Waals surface area (Å²) in [5.74, 6) is -0.530. The lowest BCUT2D eigenvalue weighted by molar-refractivity contribution is -0.00188. The molecule has 1 aliphatic rings. The summed E-state index contributed by atoms with van der Waals surface area (Å²) in [6.07, 6.45) is -0.559. The van der Waals surface area contributed by atoms with Crippen molar-refractivity contribution >= 4 is 37.4 Å². The normalized spacial score (nSPS) is 18.4. The molecule has 1 aliphatic heterocycles. The van der Waals surface area contributed by atoms with Crippen LogP contribution in [0, 0.1) is 0 Å². The summed E-state index contributed by atoms with van der Waals surface area (Å²) in [4.78, 5) is 12.8. The number of sulfonamides is 1. The zero-order valence-corrected chi connectivity index (χ0v) is 19.4. The Bertz CT molecular complexity index is 1220. The second kappa shape index (κ2) is 8.02. The average Bonchev–Trinajstić information content (AvgIpc) is 3.13. The second-order valence-electron chi connectivity index (χ2n) is 8.70. The van der Waals surface area contributed by atoms with E-state index in [9.17, 15) is 13.2 Å². The molecule has 1 aromatic heterocycles. The summed E-state index contributed by atoms with van der Waals surface area (Å²) in [6.45, 7) is 6.89. The molecule has 0 saturated carbocycles. The Labute approximate surface area is 186 Å². The second-order valence-corrected chi connectivity index (χ2v) is 11.7. The number of rotatable bonds is 4. The molecule has 0 spiro atoms. The number of amides is 1. The lowest BCUT2D eigenvalue weighted by Crippen LogP contribution is -2.42. The Morgan fingerprint density at radius 1 is 1.13 bits per heavy atom. The molecular formula is C23H26N2O4S2. The third-order valence-electron chi connectivity index (χ3n) is 5.57. The minimum absolute atomic E-state index is 0.0580. The number of carbonyl (C=O) groups excluding carboxylic acids is 1. The van der Waals surface area contributed by atoms with E-state index in [2.05, 4.69) is 20.8 Å². The van der Waals surface area contributed by atoms with Crippen molar-refractivity contribution in [1.29, 1.82) is 0 Å². The van der Waals surface area contributed by atoms with Gasteiger partial charge in [-0.3, -0.25) is 4.79 Å². The van der Waals surface area contributed by atoms with Crippen molar-refractivity contribution in [2.24, 2.45) is 5.73 Å². The van der Waals surface area contributed by atoms with Gasteiger partial charge in [-0.25, -0.2) is 8.42 Å². The number of hydrogen-bond acceptors (Lipinski definition) is 5. The predicted octanol–water partition coefficient (Wildman–Crippen LogP) is 4.06. The van der Waals surface area contributed by atoms with Crippen molar-refractivity contribution in [1.82, 2.24) is 4.31 Å². The van der Waals surface area contributed by atoms with E-state index in [4.69, 9.17) is 10.5 Å². The summed E-state index contributed by atoms with van der Waals surface area (Å²) in [6, 6.07) is 14.7. The predicted molar refractivity (Wildman–Crippen MR) is 123 cm³/mol. The standard InChI is InChI=1S/C23H26N2O4S2/c1-23(2,3)15-8-10-16(11-9-15)31(27,28)25-12-13-29-18(14-25)20-17-6-4-5-7-19(17)30-21(20)22(24)26/h4-11,18H,12-14H2,1-3H3,(H2,24,26). The van der Waals surface area contributed by atoms with E-state index in [0.717, 1.165) is 15.6 Å². The number of thiophene rings is 1. The van der Waals surface area contributed by atoms with E-state index in [-0.39, 0.29) is 30.0 Å². The largest absolute Gasteiger partial charge is 0.371 e. The third-order valence-corrected chi connectivity index (χ3v) is 8.65. The first-order chi connectivity index (χ1) is 14.6. The lowest BCUT2D eigenvalue weighted by Gasteiger charge is -2.32. The highest BCUT2D eigenvalue weighted by Gasteiger charge is 2.34. The van der Waals surface area contributed by atoms with E-state index in [1.54, 1.807) is 12.1 Å². The van der Waals surface area contributed by atoms with Gasteiger partial charge in [0.05, 0.1) is 22.5 Å². The molecule has 164 valence electrons. The molecule has 8 heteroatoms. The van der Waals surface area contributed by atoms with Crippen LogP contribution in [0.2, 0.25) is 0 Å². The molecule has 0 radical (unpaired) electrons. The first-order valence-corrected chi connectivity index (χ1v) is 12.4. The Morgan fingerprint density at radius 2 is 1.81 bits per heavy atom. The topological polar surface area (TPSA) is 89.7 Å². The monoisotopic (exact) mass is 458 g/mol. The van der Waals surface area contributed by atoms with Crippen LogP contribution < -0.4 is 5.73 Å². The first kappa shape index (κ1) is 22.0. The van der Waals surface area contributed by atoms with Gasteiger partial charge in [0.1, 0.15) is 0 Å². The fraction of sp³-hybridized carbons (Fsp3) is 0.348. The number of hydrogen-bond donors (Lipinski definition) is 1. The summed E-state index contributed by atoms with van der Waals surface area (Å²) in [7, 11) is -3.69. The van der Waals surface area contributed by atoms with E-state index >= 15 is 0 Å². The maximum atomic E-state index is 13.3. The Kier molecular flexibility index (Phi) is 5.68. The molecule has 4 rings (SSSR count). The smallest absolute Gasteiger partial charge is 0.259 e. The third kappa shape index (κ3) is 4.13. The Morgan fingerprint density at radius 3 is 2.45 bits per heavy atom. The molecule has 2 N–H and O–H groups in total. The lowest BCUT2D eigenvalue weighted by atomic mass is 9.87. The minimum Gasteiger partial charge on any atom is -0.371 e. The molecule has 2 aromatic carbocycles. The number of morpholine rings is 1. The van der Waals surface area contributed by atoms with Crippen molar-refractivity contribution < 1.29 is 17.9 Å². The van der Waals surface area contributed by atoms with Crippen molar-refractivity contribution in [2.45, 2.75) is 37.2 Å². The highest BCUT2D eigenvalue weighted by atomic mass is 32.2. The maximum absolute atomic E-state index is 13.3. The van der Waals surface area contributed by atoms with Crippen LogP contribution in [0.15, 0.2) is 53.4 Å². The van der Waals surface area contributed by atoms with Crippen molar-refractivity contribution in [2.75, 3.05) is 19.7 Å². The van der Waals surface area contributed by atoms with Gasteiger partial charge in [-0.2, -0.15) is 4.31 Å². The van der Waals surface area contributed by atoms with Crippen LogP contribution in [0.3, 0.4) is 0 Å². The number of carbonyl (C=O) groups is 1. The van der Waals surface area contributed by atoms with Crippen LogP contribution in [-0.2, 0) is 20.2 Å². The Balaban J connectivity index is 1.67. The van der Waals surface area contributed by atoms with Gasteiger partial charge in [0.25, 0.3) is 5.91 Å². The SMILES string of the molecule is CC(C)(C)c1ccc(S(=O)(=O)N2CCOC(c3c(C(N)=O)sc4ccccc34)C2)cc1. The molecule has 31 heavy (non-hydrogen) atoms. The highest BCUT2D eigenvalue weighted by Crippen LogP contribution is 2.38. The zero-order chi connectivity index (χ0) is 22.4. The van der Waals surface area contributed by atoms with Crippen LogP contribution >= 0.6 is 11.3 Å². The number of benzene rings is 2. The number of nitrogens with two attached hydrogens (primary N) is 1. The molecule has 1 unspecified atom stereocenters. The molecule has 3 aromatic rings. The molecular weight excluding hydrogens is 432 g/mol. The van der Waals surface area contributed by atoms with Crippen LogP contribution in [0.25, 0.3) is 10.1 Å². The van der Waals surface area contributed by atoms with Gasteiger partial charge in [0.15, 0.2) is 0 Å². The van der Waals surface area contributed by atoms with Gasteiger partial charge in [-0.05, 0) is 34.6 Å². The van der Waals surface area contributed by atoms with Crippen LogP contribution in [0.5, 0.6) is 0 Å². The van der Waals surface area contributed by atoms with E-state index in [0.29, 0.717) is 10.4 Å². The summed E-state index contributed by atoms with van der Waals surface area (Å²) < 4.78 is 35.0. The quantitative estimate of drug-likeness (QED) is 0.638. The van der Waals surface area contributed by atoms with E-state index < -0.39 is 22.0 Å². The van der Waals surface area contributed by atoms with Gasteiger partial charge < -0.3 is 10.5 Å². The Hall–Kier alpha value is -2.26. The van der Waals surface area contributed by atoms with Crippen molar-refractivity contribution in [3.63, 3.8) is 0 Å². The zero-order valence-electron chi connectivity index (χ0n) is 17.8. The van der Waals surface area contributed by atoms with E-state index in [1.165, 1.54) is 15.6 Å². The fourth-order valence-electron chi connectivity index (χ4n) is 3.86. The van der Waals surface area contributed by atoms with E-state index in [1.807, 2.05) is 36.4 Å². The molecule has 6 nitrogen and oxygen atoms in total. The van der Waals surface area contributed by atoms with Crippen LogP contribution in [0.4, 0.5) is 0 Å². The fourth-order valence-corrected chi connectivity index (χ4v) is 6.39. The summed E-state index contributed by atoms with van der Waals surface area (Å²) in [5, 5.41) is 0.875. The van der Waals surface area contributed by atoms with Crippen molar-refractivity contribution in [3.8, 4) is 0 Å². The molecule has 0 aliphatic carbocycles.